The van der Waals surface area contributed by atoms with Crippen molar-refractivity contribution < 1.29 is 4.52 Å². The smallest absolute Gasteiger partial charge is 0.167 e. The van der Waals surface area contributed by atoms with Crippen molar-refractivity contribution in [1.29, 1.82) is 0 Å². The Hall–Kier alpha value is -2.16. The number of hydrogen-bond acceptors (Lipinski definition) is 3. The zero-order valence-corrected chi connectivity index (χ0v) is 8.84. The van der Waals surface area contributed by atoms with Crippen LogP contribution >= 0.6 is 0 Å². The average molecular weight is 210 g/mol. The van der Waals surface area contributed by atoms with Gasteiger partial charge in [0.25, 0.3) is 0 Å². The van der Waals surface area contributed by atoms with Crippen molar-refractivity contribution in [3.05, 3.63) is 48.3 Å². The molecule has 0 atom stereocenters. The highest BCUT2D eigenvalue weighted by molar-refractivity contribution is 5.83. The molecule has 0 saturated carbocycles. The van der Waals surface area contributed by atoms with Gasteiger partial charge < -0.3 is 4.52 Å². The summed E-state index contributed by atoms with van der Waals surface area (Å²) in [4.78, 5) is 4.27. The van der Waals surface area contributed by atoms with Gasteiger partial charge in [-0.2, -0.15) is 0 Å². The van der Waals surface area contributed by atoms with Gasteiger partial charge in [-0.1, -0.05) is 11.2 Å². The molecule has 1 aromatic carbocycles. The summed E-state index contributed by atoms with van der Waals surface area (Å²) in [6.45, 7) is 1.91. The Morgan fingerprint density at radius 1 is 1.12 bits per heavy atom. The molecule has 0 N–H and O–H groups in total. The van der Waals surface area contributed by atoms with Gasteiger partial charge in [-0.3, -0.25) is 4.98 Å². The van der Waals surface area contributed by atoms with Crippen molar-refractivity contribution in [2.24, 2.45) is 0 Å². The SMILES string of the molecule is Cc1cc(-c2ccc3ncccc3c2)on1. The van der Waals surface area contributed by atoms with E-state index in [1.807, 2.05) is 37.3 Å². The first-order chi connectivity index (χ1) is 7.83. The maximum Gasteiger partial charge on any atom is 0.167 e. The number of nitrogens with zero attached hydrogens (tertiary/aromatic N) is 2. The van der Waals surface area contributed by atoms with E-state index in [0.717, 1.165) is 27.9 Å². The molecule has 0 bridgehead atoms. The summed E-state index contributed by atoms with van der Waals surface area (Å²) in [6.07, 6.45) is 1.79. The highest BCUT2D eigenvalue weighted by Crippen LogP contribution is 2.23. The molecule has 2 aromatic heterocycles. The van der Waals surface area contributed by atoms with Gasteiger partial charge in [0, 0.05) is 23.2 Å². The number of fused-ring (bicyclic) bond motifs is 1. The first kappa shape index (κ1) is 9.09. The molecule has 0 amide bonds. The highest BCUT2D eigenvalue weighted by Gasteiger charge is 2.04. The number of hydrogen-bond donors (Lipinski definition) is 0. The third-order valence-corrected chi connectivity index (χ3v) is 2.52. The van der Waals surface area contributed by atoms with E-state index in [2.05, 4.69) is 16.2 Å². The Bertz CT molecular complexity index is 643. The third kappa shape index (κ3) is 1.46. The quantitative estimate of drug-likeness (QED) is 0.619. The van der Waals surface area contributed by atoms with E-state index in [1.54, 1.807) is 6.20 Å². The number of pyridine rings is 1. The molecule has 0 fully saturated rings. The van der Waals surface area contributed by atoms with Gasteiger partial charge >= 0.3 is 0 Å². The second kappa shape index (κ2) is 3.45. The summed E-state index contributed by atoms with van der Waals surface area (Å²) in [5.41, 5.74) is 2.91. The van der Waals surface area contributed by atoms with Gasteiger partial charge in [0.2, 0.25) is 0 Å². The fourth-order valence-electron chi connectivity index (χ4n) is 1.73. The zero-order chi connectivity index (χ0) is 11.0. The Kier molecular flexibility index (Phi) is 1.96. The molecule has 3 rings (SSSR count). The summed E-state index contributed by atoms with van der Waals surface area (Å²) in [7, 11) is 0. The van der Waals surface area contributed by atoms with Crippen molar-refractivity contribution in [3.8, 4) is 11.3 Å². The van der Waals surface area contributed by atoms with Gasteiger partial charge in [0.05, 0.1) is 11.2 Å². The molecule has 0 saturated heterocycles. The molecule has 2 heterocycles. The van der Waals surface area contributed by atoms with Crippen molar-refractivity contribution in [3.63, 3.8) is 0 Å². The first-order valence-electron chi connectivity index (χ1n) is 5.11. The van der Waals surface area contributed by atoms with Crippen molar-refractivity contribution in [2.45, 2.75) is 6.92 Å². The third-order valence-electron chi connectivity index (χ3n) is 2.52. The van der Waals surface area contributed by atoms with Crippen LogP contribution in [0.15, 0.2) is 47.1 Å². The highest BCUT2D eigenvalue weighted by atomic mass is 16.5. The fourth-order valence-corrected chi connectivity index (χ4v) is 1.73. The fraction of sp³-hybridized carbons (Fsp3) is 0.0769. The second-order valence-corrected chi connectivity index (χ2v) is 3.74. The van der Waals surface area contributed by atoms with Gasteiger partial charge in [0.1, 0.15) is 0 Å². The van der Waals surface area contributed by atoms with Crippen LogP contribution < -0.4 is 0 Å². The molecule has 3 heteroatoms. The lowest BCUT2D eigenvalue weighted by atomic mass is 10.1. The van der Waals surface area contributed by atoms with Crippen molar-refractivity contribution >= 4 is 10.9 Å². The Labute approximate surface area is 92.7 Å². The maximum atomic E-state index is 5.23. The van der Waals surface area contributed by atoms with Crippen LogP contribution in [-0.4, -0.2) is 10.1 Å². The minimum atomic E-state index is 0.795. The predicted molar refractivity (Wildman–Crippen MR) is 62.0 cm³/mol. The lowest BCUT2D eigenvalue weighted by Gasteiger charge is -1.98. The van der Waals surface area contributed by atoms with E-state index >= 15 is 0 Å². The zero-order valence-electron chi connectivity index (χ0n) is 8.84. The van der Waals surface area contributed by atoms with Crippen LogP contribution in [0.4, 0.5) is 0 Å². The predicted octanol–water partition coefficient (Wildman–Crippen LogP) is 3.20. The van der Waals surface area contributed by atoms with Crippen LogP contribution in [-0.2, 0) is 0 Å². The Morgan fingerprint density at radius 3 is 2.88 bits per heavy atom. The van der Waals surface area contributed by atoms with Crippen molar-refractivity contribution in [1.82, 2.24) is 10.1 Å². The molecule has 0 radical (unpaired) electrons. The molecular formula is C13H10N2O. The van der Waals surface area contributed by atoms with Crippen LogP contribution in [0.1, 0.15) is 5.69 Å². The summed E-state index contributed by atoms with van der Waals surface area (Å²) in [5.74, 6) is 0.795. The molecule has 3 nitrogen and oxygen atoms in total. The molecule has 0 spiro atoms. The number of benzene rings is 1. The van der Waals surface area contributed by atoms with Gasteiger partial charge in [-0.25, -0.2) is 0 Å². The van der Waals surface area contributed by atoms with Crippen LogP contribution in [0.5, 0.6) is 0 Å². The Morgan fingerprint density at radius 2 is 2.06 bits per heavy atom. The number of aromatic nitrogens is 2. The van der Waals surface area contributed by atoms with Crippen LogP contribution in [0.25, 0.3) is 22.2 Å². The first-order valence-corrected chi connectivity index (χ1v) is 5.11. The van der Waals surface area contributed by atoms with Gasteiger partial charge in [0.15, 0.2) is 5.76 Å². The second-order valence-electron chi connectivity index (χ2n) is 3.74. The largest absolute Gasteiger partial charge is 0.356 e. The molecule has 16 heavy (non-hydrogen) atoms. The van der Waals surface area contributed by atoms with Crippen LogP contribution in [0.3, 0.4) is 0 Å². The van der Waals surface area contributed by atoms with Crippen LogP contribution in [0.2, 0.25) is 0 Å². The minimum absolute atomic E-state index is 0.795. The molecule has 78 valence electrons. The van der Waals surface area contributed by atoms with E-state index in [9.17, 15) is 0 Å². The van der Waals surface area contributed by atoms with E-state index in [1.165, 1.54) is 0 Å². The molecule has 3 aromatic rings. The number of aryl methyl sites for hydroxylation is 1. The minimum Gasteiger partial charge on any atom is -0.356 e. The van der Waals surface area contributed by atoms with Crippen molar-refractivity contribution in [2.75, 3.05) is 0 Å². The molecule has 0 aliphatic rings. The molecule has 0 aliphatic carbocycles. The lowest BCUT2D eigenvalue weighted by molar-refractivity contribution is 0.427. The lowest BCUT2D eigenvalue weighted by Crippen LogP contribution is -1.79. The average Bonchev–Trinajstić information content (AvgIpc) is 2.75. The molecular weight excluding hydrogens is 200 g/mol. The summed E-state index contributed by atoms with van der Waals surface area (Å²) < 4.78 is 5.23. The standard InChI is InChI=1S/C13H10N2O/c1-9-7-13(16-15-9)11-4-5-12-10(8-11)3-2-6-14-12/h2-8H,1H3. The van der Waals surface area contributed by atoms with E-state index in [0.29, 0.717) is 0 Å². The maximum absolute atomic E-state index is 5.23. The molecule has 0 aliphatic heterocycles. The number of rotatable bonds is 1. The molecule has 0 unspecified atom stereocenters. The summed E-state index contributed by atoms with van der Waals surface area (Å²) in [6, 6.07) is 11.9. The van der Waals surface area contributed by atoms with Crippen LogP contribution in [0, 0.1) is 6.92 Å². The topological polar surface area (TPSA) is 38.9 Å². The van der Waals surface area contributed by atoms with Gasteiger partial charge in [-0.15, -0.1) is 0 Å². The van der Waals surface area contributed by atoms with E-state index in [-0.39, 0.29) is 0 Å². The van der Waals surface area contributed by atoms with E-state index in [4.69, 9.17) is 4.52 Å². The van der Waals surface area contributed by atoms with E-state index < -0.39 is 0 Å². The summed E-state index contributed by atoms with van der Waals surface area (Å²) >= 11 is 0. The van der Waals surface area contributed by atoms with Gasteiger partial charge in [-0.05, 0) is 31.2 Å². The normalized spacial score (nSPS) is 10.8. The monoisotopic (exact) mass is 210 g/mol. The Balaban J connectivity index is 2.18. The summed E-state index contributed by atoms with van der Waals surface area (Å²) in [5, 5.41) is 4.99.